The van der Waals surface area contributed by atoms with Crippen molar-refractivity contribution in [3.8, 4) is 0 Å². The second kappa shape index (κ2) is 5.55. The second-order valence-electron chi connectivity index (χ2n) is 7.86. The summed E-state index contributed by atoms with van der Waals surface area (Å²) >= 11 is 0. The molecule has 0 saturated heterocycles. The lowest BCUT2D eigenvalue weighted by atomic mass is 9.56. The van der Waals surface area contributed by atoms with Gasteiger partial charge in [-0.3, -0.25) is 4.31 Å². The van der Waals surface area contributed by atoms with Gasteiger partial charge in [0.15, 0.2) is 0 Å². The molecule has 138 valence electrons. The number of fused-ring (bicyclic) bond motifs is 2. The Bertz CT molecular complexity index is 1060. The lowest BCUT2D eigenvalue weighted by molar-refractivity contribution is -0.116. The summed E-state index contributed by atoms with van der Waals surface area (Å²) in [5.74, 6) is 0.0946. The highest BCUT2D eigenvalue weighted by molar-refractivity contribution is 7.93. The van der Waals surface area contributed by atoms with Crippen LogP contribution in [0.5, 0.6) is 0 Å². The van der Waals surface area contributed by atoms with E-state index in [1.165, 1.54) is 0 Å². The molecule has 5 heteroatoms. The van der Waals surface area contributed by atoms with Crippen molar-refractivity contribution in [3.05, 3.63) is 71.8 Å². The van der Waals surface area contributed by atoms with Gasteiger partial charge in [0.05, 0.1) is 22.0 Å². The molecule has 4 atom stereocenters. The molecule has 0 spiro atoms. The predicted molar refractivity (Wildman–Crippen MR) is 104 cm³/mol. The van der Waals surface area contributed by atoms with Gasteiger partial charge in [-0.2, -0.15) is 0 Å². The Morgan fingerprint density at radius 2 is 1.78 bits per heavy atom. The summed E-state index contributed by atoms with van der Waals surface area (Å²) in [6.45, 7) is 1.93. The van der Waals surface area contributed by atoms with Crippen molar-refractivity contribution in [2.75, 3.05) is 4.31 Å². The van der Waals surface area contributed by atoms with Gasteiger partial charge in [0.1, 0.15) is 6.29 Å². The minimum Gasteiger partial charge on any atom is -0.302 e. The van der Waals surface area contributed by atoms with Crippen molar-refractivity contribution in [2.45, 2.75) is 36.1 Å². The van der Waals surface area contributed by atoms with Gasteiger partial charge >= 0.3 is 0 Å². The molecule has 4 aliphatic rings. The molecule has 1 saturated carbocycles. The summed E-state index contributed by atoms with van der Waals surface area (Å²) in [4.78, 5) is 12.8. The minimum atomic E-state index is -3.77. The number of allylic oxidation sites excluding steroid dienone is 1. The molecule has 0 aromatic heterocycles. The molecule has 0 unspecified atom stereocenters. The predicted octanol–water partition coefficient (Wildman–Crippen LogP) is 3.61. The molecule has 27 heavy (non-hydrogen) atoms. The van der Waals surface area contributed by atoms with Crippen LogP contribution in [0.1, 0.15) is 24.0 Å². The van der Waals surface area contributed by atoms with E-state index in [0.29, 0.717) is 5.69 Å². The summed E-state index contributed by atoms with van der Waals surface area (Å²) in [7, 11) is -3.77. The molecule has 6 rings (SSSR count). The number of anilines is 1. The lowest BCUT2D eigenvalue weighted by Gasteiger charge is -2.50. The van der Waals surface area contributed by atoms with Gasteiger partial charge < -0.3 is 4.79 Å². The van der Waals surface area contributed by atoms with Crippen LogP contribution >= 0.6 is 0 Å². The number of rotatable bonds is 3. The van der Waals surface area contributed by atoms with Crippen molar-refractivity contribution in [1.82, 2.24) is 0 Å². The van der Waals surface area contributed by atoms with Gasteiger partial charge in [-0.15, -0.1) is 0 Å². The van der Waals surface area contributed by atoms with Gasteiger partial charge in [-0.25, -0.2) is 8.42 Å². The van der Waals surface area contributed by atoms with Gasteiger partial charge in [0.25, 0.3) is 10.0 Å². The third-order valence-electron chi connectivity index (χ3n) is 6.54. The van der Waals surface area contributed by atoms with Crippen molar-refractivity contribution >= 4 is 22.0 Å². The zero-order valence-corrected chi connectivity index (χ0v) is 15.9. The number of hydrogen-bond donors (Lipinski definition) is 0. The number of aldehydes is 1. The number of carbonyl (C=O) groups is 1. The summed E-state index contributed by atoms with van der Waals surface area (Å²) in [6, 6.07) is 14.1. The molecule has 1 aliphatic heterocycles. The number of sulfonamides is 1. The fraction of sp³-hybridized carbons (Fsp3) is 0.318. The van der Waals surface area contributed by atoms with Gasteiger partial charge in [-0.1, -0.05) is 48.0 Å². The zero-order valence-electron chi connectivity index (χ0n) is 15.1. The highest BCUT2D eigenvalue weighted by Gasteiger charge is 2.63. The standard InChI is InChI=1S/C22H21NO3S/c1-15-6-12-18(13-7-15)27(25,26)23-20-5-3-2-4-19(20)22(14-24)17-10-8-16(9-11-17)21(22)23/h2-8,10,12-14,16-17,21H,9,11H2,1H3/t16-,17+,21-,22-/m0/s1. The topological polar surface area (TPSA) is 54.5 Å². The molecule has 1 fully saturated rings. The van der Waals surface area contributed by atoms with E-state index in [1.54, 1.807) is 16.4 Å². The van der Waals surface area contributed by atoms with Crippen LogP contribution in [-0.4, -0.2) is 20.7 Å². The first kappa shape index (κ1) is 16.8. The van der Waals surface area contributed by atoms with Gasteiger partial charge in [0.2, 0.25) is 0 Å². The van der Waals surface area contributed by atoms with Crippen LogP contribution in [0.2, 0.25) is 0 Å². The molecule has 0 radical (unpaired) electrons. The van der Waals surface area contributed by atoms with E-state index in [-0.39, 0.29) is 22.8 Å². The van der Waals surface area contributed by atoms with E-state index in [1.807, 2.05) is 43.3 Å². The molecule has 4 nitrogen and oxygen atoms in total. The third kappa shape index (κ3) is 2.03. The molecule has 2 aromatic rings. The first-order valence-electron chi connectivity index (χ1n) is 9.35. The molecular formula is C22H21NO3S. The summed E-state index contributed by atoms with van der Waals surface area (Å²) < 4.78 is 28.9. The molecule has 0 N–H and O–H groups in total. The number of carbonyl (C=O) groups excluding carboxylic acids is 1. The third-order valence-corrected chi connectivity index (χ3v) is 8.35. The number of nitrogens with zero attached hydrogens (tertiary/aromatic N) is 1. The Morgan fingerprint density at radius 1 is 1.04 bits per heavy atom. The fourth-order valence-electron chi connectivity index (χ4n) is 5.31. The highest BCUT2D eigenvalue weighted by atomic mass is 32.2. The smallest absolute Gasteiger partial charge is 0.264 e. The number of benzene rings is 2. The Morgan fingerprint density at radius 3 is 2.44 bits per heavy atom. The van der Waals surface area contributed by atoms with E-state index in [0.717, 1.165) is 30.3 Å². The highest BCUT2D eigenvalue weighted by Crippen LogP contribution is 2.59. The first-order valence-corrected chi connectivity index (χ1v) is 10.8. The van der Waals surface area contributed by atoms with E-state index in [9.17, 15) is 13.2 Å². The second-order valence-corrected chi connectivity index (χ2v) is 9.67. The number of aryl methyl sites for hydroxylation is 1. The van der Waals surface area contributed by atoms with E-state index in [4.69, 9.17) is 0 Å². The average Bonchev–Trinajstić information content (AvgIpc) is 3.03. The zero-order chi connectivity index (χ0) is 18.8. The van der Waals surface area contributed by atoms with Crippen molar-refractivity contribution in [1.29, 1.82) is 0 Å². The molecule has 2 bridgehead atoms. The van der Waals surface area contributed by atoms with Crippen LogP contribution in [0.3, 0.4) is 0 Å². The maximum Gasteiger partial charge on any atom is 0.264 e. The molecule has 2 aromatic carbocycles. The summed E-state index contributed by atoms with van der Waals surface area (Å²) in [5, 5.41) is 0. The Balaban J connectivity index is 1.77. The monoisotopic (exact) mass is 379 g/mol. The number of para-hydroxylation sites is 1. The Hall–Kier alpha value is -2.40. The molecule has 0 amide bonds. The SMILES string of the molecule is Cc1ccc(S(=O)(=O)N2c3ccccc3[C@]3(C=O)[C@@H]4C=C[C@@H](CC4)[C@H]23)cc1. The lowest BCUT2D eigenvalue weighted by Crippen LogP contribution is -2.59. The number of hydrogen-bond acceptors (Lipinski definition) is 3. The molecular weight excluding hydrogens is 358 g/mol. The first-order chi connectivity index (χ1) is 13.0. The molecule has 3 aliphatic carbocycles. The fourth-order valence-corrected chi connectivity index (χ4v) is 7.06. The van der Waals surface area contributed by atoms with Crippen LogP contribution in [0.25, 0.3) is 0 Å². The van der Waals surface area contributed by atoms with Crippen molar-refractivity contribution < 1.29 is 13.2 Å². The minimum absolute atomic E-state index is 0.0457. The van der Waals surface area contributed by atoms with E-state index >= 15 is 0 Å². The summed E-state index contributed by atoms with van der Waals surface area (Å²) in [6.07, 6.45) is 7.09. The maximum absolute atomic E-state index is 13.7. The van der Waals surface area contributed by atoms with Crippen molar-refractivity contribution in [2.24, 2.45) is 11.8 Å². The Kier molecular flexibility index (Phi) is 3.44. The van der Waals surface area contributed by atoms with Crippen LogP contribution in [0.15, 0.2) is 65.6 Å². The van der Waals surface area contributed by atoms with Crippen LogP contribution in [0, 0.1) is 18.8 Å². The average molecular weight is 379 g/mol. The Labute approximate surface area is 159 Å². The van der Waals surface area contributed by atoms with Crippen LogP contribution < -0.4 is 4.31 Å². The largest absolute Gasteiger partial charge is 0.302 e. The quantitative estimate of drug-likeness (QED) is 0.605. The van der Waals surface area contributed by atoms with Gasteiger partial charge in [0, 0.05) is 0 Å². The normalized spacial score (nSPS) is 30.9. The van der Waals surface area contributed by atoms with Crippen molar-refractivity contribution in [3.63, 3.8) is 0 Å². The maximum atomic E-state index is 13.7. The van der Waals surface area contributed by atoms with E-state index in [2.05, 4.69) is 12.2 Å². The van der Waals surface area contributed by atoms with Crippen LogP contribution in [0.4, 0.5) is 5.69 Å². The summed E-state index contributed by atoms with van der Waals surface area (Å²) in [5.41, 5.74) is 1.72. The van der Waals surface area contributed by atoms with Crippen LogP contribution in [-0.2, 0) is 20.2 Å². The van der Waals surface area contributed by atoms with Gasteiger partial charge in [-0.05, 0) is 55.4 Å². The van der Waals surface area contributed by atoms with E-state index < -0.39 is 15.4 Å². The molecule has 1 heterocycles.